The molecule has 0 aliphatic carbocycles. The standard InChI is InChI=1S/C6H13NOS/c1-7-3-5-8-4-2-6-9/h6-7H,2-5H2,1H3. The first kappa shape index (κ1) is 9.01. The van der Waals surface area contributed by atoms with Crippen LogP contribution in [0.1, 0.15) is 6.42 Å². The van der Waals surface area contributed by atoms with Crippen LogP contribution in [0.3, 0.4) is 0 Å². The van der Waals surface area contributed by atoms with Crippen molar-refractivity contribution in [1.29, 1.82) is 0 Å². The number of likely N-dealkylation sites (N-methyl/N-ethyl adjacent to an activating group) is 1. The fourth-order valence-electron chi connectivity index (χ4n) is 0.408. The third-order valence-electron chi connectivity index (χ3n) is 0.876. The lowest BCUT2D eigenvalue weighted by Gasteiger charge is -1.99. The number of ether oxygens (including phenoxy) is 1. The van der Waals surface area contributed by atoms with Gasteiger partial charge in [-0.2, -0.15) is 0 Å². The summed E-state index contributed by atoms with van der Waals surface area (Å²) in [5.74, 6) is 0. The Morgan fingerprint density at radius 3 is 2.89 bits per heavy atom. The van der Waals surface area contributed by atoms with E-state index in [9.17, 15) is 0 Å². The van der Waals surface area contributed by atoms with Crippen LogP contribution in [0.5, 0.6) is 0 Å². The molecule has 0 fully saturated rings. The fourth-order valence-corrected chi connectivity index (χ4v) is 0.504. The van der Waals surface area contributed by atoms with E-state index in [4.69, 9.17) is 4.74 Å². The van der Waals surface area contributed by atoms with E-state index in [0.29, 0.717) is 0 Å². The van der Waals surface area contributed by atoms with Crippen molar-refractivity contribution in [3.63, 3.8) is 0 Å². The summed E-state index contributed by atoms with van der Waals surface area (Å²) < 4.78 is 5.15. The van der Waals surface area contributed by atoms with E-state index in [1.807, 2.05) is 7.05 Å². The molecule has 0 atom stereocenters. The first-order valence-electron chi connectivity index (χ1n) is 3.07. The summed E-state index contributed by atoms with van der Waals surface area (Å²) >= 11 is 4.61. The SMILES string of the molecule is CNCCOCCC=S. The molecule has 54 valence electrons. The summed E-state index contributed by atoms with van der Waals surface area (Å²) in [5, 5.41) is 4.68. The monoisotopic (exact) mass is 147 g/mol. The van der Waals surface area contributed by atoms with Gasteiger partial charge in [0.25, 0.3) is 0 Å². The first-order valence-corrected chi connectivity index (χ1v) is 3.55. The maximum absolute atomic E-state index is 5.15. The Kier molecular flexibility index (Phi) is 8.02. The smallest absolute Gasteiger partial charge is 0.0590 e. The second kappa shape index (κ2) is 8.01. The van der Waals surface area contributed by atoms with Crippen molar-refractivity contribution in [2.24, 2.45) is 0 Å². The maximum atomic E-state index is 5.15. The number of hydrogen-bond acceptors (Lipinski definition) is 3. The van der Waals surface area contributed by atoms with Gasteiger partial charge in [0, 0.05) is 6.54 Å². The zero-order valence-corrected chi connectivity index (χ0v) is 6.54. The van der Waals surface area contributed by atoms with Gasteiger partial charge >= 0.3 is 0 Å². The summed E-state index contributed by atoms with van der Waals surface area (Å²) in [7, 11) is 1.91. The molecule has 0 aliphatic heterocycles. The lowest BCUT2D eigenvalue weighted by atomic mass is 10.5. The van der Waals surface area contributed by atoms with E-state index in [2.05, 4.69) is 17.5 Å². The summed E-state index contributed by atoms with van der Waals surface area (Å²) in [4.78, 5) is 0. The van der Waals surface area contributed by atoms with Crippen LogP contribution in [0.4, 0.5) is 0 Å². The van der Waals surface area contributed by atoms with E-state index in [1.54, 1.807) is 5.37 Å². The Morgan fingerprint density at radius 2 is 2.33 bits per heavy atom. The van der Waals surface area contributed by atoms with Gasteiger partial charge in [0.1, 0.15) is 0 Å². The van der Waals surface area contributed by atoms with Gasteiger partial charge in [-0.3, -0.25) is 0 Å². The Balaban J connectivity index is 2.66. The molecule has 0 aromatic rings. The van der Waals surface area contributed by atoms with E-state index in [1.165, 1.54) is 0 Å². The van der Waals surface area contributed by atoms with Crippen molar-refractivity contribution in [2.45, 2.75) is 6.42 Å². The summed E-state index contributed by atoms with van der Waals surface area (Å²) in [5.41, 5.74) is 0. The van der Waals surface area contributed by atoms with Gasteiger partial charge in [0.2, 0.25) is 0 Å². The van der Waals surface area contributed by atoms with E-state index in [-0.39, 0.29) is 0 Å². The average Bonchev–Trinajstić information content (AvgIpc) is 1.89. The fraction of sp³-hybridized carbons (Fsp3) is 0.833. The highest BCUT2D eigenvalue weighted by molar-refractivity contribution is 7.78. The molecule has 0 rings (SSSR count). The number of nitrogens with one attached hydrogen (secondary N) is 1. The Labute approximate surface area is 61.6 Å². The second-order valence-electron chi connectivity index (χ2n) is 1.67. The van der Waals surface area contributed by atoms with Gasteiger partial charge in [-0.05, 0) is 18.8 Å². The summed E-state index contributed by atoms with van der Waals surface area (Å²) in [6.45, 7) is 2.45. The minimum Gasteiger partial charge on any atom is -0.380 e. The number of rotatable bonds is 6. The average molecular weight is 147 g/mol. The van der Waals surface area contributed by atoms with Gasteiger partial charge in [-0.15, -0.1) is 0 Å². The zero-order valence-electron chi connectivity index (χ0n) is 5.72. The molecule has 0 radical (unpaired) electrons. The Hall–Kier alpha value is 0.01000. The molecular formula is C6H13NOS. The van der Waals surface area contributed by atoms with Crippen LogP contribution in [0, 0.1) is 0 Å². The second-order valence-corrected chi connectivity index (χ2v) is 2.00. The Bertz CT molecular complexity index is 68.1. The van der Waals surface area contributed by atoms with Crippen molar-refractivity contribution in [3.05, 3.63) is 0 Å². The topological polar surface area (TPSA) is 21.3 Å². The van der Waals surface area contributed by atoms with Crippen LogP contribution in [0.25, 0.3) is 0 Å². The number of hydrogen-bond donors (Lipinski definition) is 1. The third kappa shape index (κ3) is 8.01. The molecule has 0 aliphatic rings. The van der Waals surface area contributed by atoms with Crippen molar-refractivity contribution in [2.75, 3.05) is 26.8 Å². The van der Waals surface area contributed by atoms with Gasteiger partial charge in [0.15, 0.2) is 0 Å². The molecule has 0 unspecified atom stereocenters. The molecule has 0 amide bonds. The predicted molar refractivity (Wildman–Crippen MR) is 43.0 cm³/mol. The van der Waals surface area contributed by atoms with Gasteiger partial charge < -0.3 is 10.1 Å². The van der Waals surface area contributed by atoms with Crippen molar-refractivity contribution in [3.8, 4) is 0 Å². The summed E-state index contributed by atoms with van der Waals surface area (Å²) in [6, 6.07) is 0. The van der Waals surface area contributed by atoms with Crippen LogP contribution in [0.2, 0.25) is 0 Å². The van der Waals surface area contributed by atoms with Crippen molar-refractivity contribution in [1.82, 2.24) is 5.32 Å². The van der Waals surface area contributed by atoms with E-state index < -0.39 is 0 Å². The van der Waals surface area contributed by atoms with Gasteiger partial charge in [-0.25, -0.2) is 0 Å². The van der Waals surface area contributed by atoms with Crippen LogP contribution >= 0.6 is 12.2 Å². The number of thiocarbonyl (C=S) groups is 1. The highest BCUT2D eigenvalue weighted by Gasteiger charge is 1.82. The van der Waals surface area contributed by atoms with Crippen LogP contribution in [-0.4, -0.2) is 32.2 Å². The molecule has 0 saturated carbocycles. The molecule has 0 aromatic heterocycles. The minimum absolute atomic E-state index is 0.755. The molecule has 0 saturated heterocycles. The van der Waals surface area contributed by atoms with Crippen molar-refractivity contribution >= 4 is 17.6 Å². The van der Waals surface area contributed by atoms with E-state index in [0.717, 1.165) is 26.2 Å². The first-order chi connectivity index (χ1) is 4.41. The maximum Gasteiger partial charge on any atom is 0.0590 e. The Morgan fingerprint density at radius 1 is 1.56 bits per heavy atom. The molecule has 0 bridgehead atoms. The predicted octanol–water partition coefficient (Wildman–Crippen LogP) is 0.612. The molecule has 0 heterocycles. The molecule has 2 nitrogen and oxygen atoms in total. The quantitative estimate of drug-likeness (QED) is 0.439. The lowest BCUT2D eigenvalue weighted by molar-refractivity contribution is 0.145. The molecule has 0 aromatic carbocycles. The molecule has 0 spiro atoms. The minimum atomic E-state index is 0.755. The molecular weight excluding hydrogens is 134 g/mol. The molecule has 1 N–H and O–H groups in total. The van der Waals surface area contributed by atoms with Crippen LogP contribution in [-0.2, 0) is 4.74 Å². The third-order valence-corrected chi connectivity index (χ3v) is 1.11. The summed E-state index contributed by atoms with van der Waals surface area (Å²) in [6.07, 6.45) is 0.874. The molecule has 9 heavy (non-hydrogen) atoms. The largest absolute Gasteiger partial charge is 0.380 e. The van der Waals surface area contributed by atoms with Crippen molar-refractivity contribution < 1.29 is 4.74 Å². The normalized spacial score (nSPS) is 9.44. The van der Waals surface area contributed by atoms with E-state index >= 15 is 0 Å². The van der Waals surface area contributed by atoms with Crippen LogP contribution in [0.15, 0.2) is 0 Å². The highest BCUT2D eigenvalue weighted by Crippen LogP contribution is 1.77. The van der Waals surface area contributed by atoms with Crippen LogP contribution < -0.4 is 5.32 Å². The van der Waals surface area contributed by atoms with Gasteiger partial charge in [-0.1, -0.05) is 12.2 Å². The molecule has 3 heteroatoms. The zero-order chi connectivity index (χ0) is 6.95. The van der Waals surface area contributed by atoms with Gasteiger partial charge in [0.05, 0.1) is 13.2 Å². The highest BCUT2D eigenvalue weighted by atomic mass is 32.1. The lowest BCUT2D eigenvalue weighted by Crippen LogP contribution is -2.14.